The predicted molar refractivity (Wildman–Crippen MR) is 213 cm³/mol. The minimum absolute atomic E-state index is 0.573. The topological polar surface area (TPSA) is 8.17 Å². The first kappa shape index (κ1) is 29.3. The van der Waals surface area contributed by atoms with E-state index in [-0.39, 0.29) is 0 Å². The summed E-state index contributed by atoms with van der Waals surface area (Å²) in [6.45, 7) is 0. The molecule has 0 atom stereocenters. The molecule has 0 amide bonds. The van der Waals surface area contributed by atoms with E-state index in [0.29, 0.717) is 0 Å². The standard InChI is InChI=1S/C49H34N2/c1-4-18-35(19-5-1)39-24-12-16-30-46(39)50(37-22-8-3-9-23-37)38-32-33-48-43(34-38)42-27-13-17-31-47(42)51(48)49(36-20-6-2-7-21-36)44-28-14-10-25-40(44)41-26-11-15-29-45(41)49/h1-34H. The second kappa shape index (κ2) is 11.8. The highest BCUT2D eigenvalue weighted by Gasteiger charge is 2.47. The van der Waals surface area contributed by atoms with Gasteiger partial charge in [0.05, 0.1) is 16.7 Å². The van der Waals surface area contributed by atoms with Gasteiger partial charge in [0.1, 0.15) is 5.54 Å². The third kappa shape index (κ3) is 4.36. The average molecular weight is 651 g/mol. The first-order valence-corrected chi connectivity index (χ1v) is 17.6. The number of anilines is 3. The molecule has 240 valence electrons. The second-order valence-corrected chi connectivity index (χ2v) is 13.3. The number of aromatic nitrogens is 1. The van der Waals surface area contributed by atoms with E-state index in [1.165, 1.54) is 60.8 Å². The van der Waals surface area contributed by atoms with Gasteiger partial charge < -0.3 is 9.47 Å². The Hall–Kier alpha value is -6.64. The highest BCUT2D eigenvalue weighted by Crippen LogP contribution is 2.56. The molecule has 2 nitrogen and oxygen atoms in total. The fourth-order valence-electron chi connectivity index (χ4n) is 8.57. The van der Waals surface area contributed by atoms with Crippen molar-refractivity contribution in [1.82, 2.24) is 4.57 Å². The van der Waals surface area contributed by atoms with Crippen LogP contribution in [-0.2, 0) is 5.54 Å². The molecular weight excluding hydrogens is 617 g/mol. The van der Waals surface area contributed by atoms with E-state index in [2.05, 4.69) is 216 Å². The molecular formula is C49H34N2. The maximum absolute atomic E-state index is 2.62. The van der Waals surface area contributed by atoms with Crippen molar-refractivity contribution in [3.05, 3.63) is 223 Å². The fraction of sp³-hybridized carbons (Fsp3) is 0.0204. The Morgan fingerprint density at radius 3 is 1.61 bits per heavy atom. The molecule has 0 saturated carbocycles. The van der Waals surface area contributed by atoms with E-state index in [0.717, 1.165) is 17.1 Å². The van der Waals surface area contributed by atoms with Crippen LogP contribution in [0.4, 0.5) is 17.1 Å². The van der Waals surface area contributed by atoms with Gasteiger partial charge in [-0.3, -0.25) is 0 Å². The number of para-hydroxylation sites is 3. The summed E-state index contributed by atoms with van der Waals surface area (Å²) in [6, 6.07) is 75.1. The lowest BCUT2D eigenvalue weighted by molar-refractivity contribution is 0.564. The number of hydrogen-bond donors (Lipinski definition) is 0. The summed E-state index contributed by atoms with van der Waals surface area (Å²) in [5.74, 6) is 0. The zero-order chi connectivity index (χ0) is 33.8. The molecule has 0 saturated heterocycles. The number of rotatable bonds is 6. The van der Waals surface area contributed by atoms with Gasteiger partial charge in [0, 0.05) is 27.7 Å². The lowest BCUT2D eigenvalue weighted by Crippen LogP contribution is -2.35. The van der Waals surface area contributed by atoms with E-state index >= 15 is 0 Å². The summed E-state index contributed by atoms with van der Waals surface area (Å²) in [5, 5.41) is 2.45. The van der Waals surface area contributed by atoms with Gasteiger partial charge in [-0.1, -0.05) is 164 Å². The Morgan fingerprint density at radius 1 is 0.373 bits per heavy atom. The van der Waals surface area contributed by atoms with E-state index in [1.54, 1.807) is 0 Å². The minimum Gasteiger partial charge on any atom is -0.322 e. The van der Waals surface area contributed by atoms with Crippen molar-refractivity contribution in [2.45, 2.75) is 5.54 Å². The van der Waals surface area contributed by atoms with Crippen molar-refractivity contribution in [3.8, 4) is 22.3 Å². The molecule has 0 radical (unpaired) electrons. The summed E-state index contributed by atoms with van der Waals surface area (Å²) in [7, 11) is 0. The highest BCUT2D eigenvalue weighted by atomic mass is 15.1. The predicted octanol–water partition coefficient (Wildman–Crippen LogP) is 12.8. The second-order valence-electron chi connectivity index (χ2n) is 13.3. The molecule has 8 aromatic carbocycles. The summed E-state index contributed by atoms with van der Waals surface area (Å²) in [6.07, 6.45) is 0. The summed E-state index contributed by atoms with van der Waals surface area (Å²) in [5.41, 5.74) is 14.0. The van der Waals surface area contributed by atoms with Crippen molar-refractivity contribution >= 4 is 38.9 Å². The molecule has 1 aromatic heterocycles. The number of fused-ring (bicyclic) bond motifs is 6. The van der Waals surface area contributed by atoms with Gasteiger partial charge in [-0.15, -0.1) is 0 Å². The maximum atomic E-state index is 2.62. The van der Waals surface area contributed by atoms with E-state index < -0.39 is 5.54 Å². The van der Waals surface area contributed by atoms with Crippen LogP contribution >= 0.6 is 0 Å². The third-order valence-corrected chi connectivity index (χ3v) is 10.6. The van der Waals surface area contributed by atoms with Crippen LogP contribution in [0.3, 0.4) is 0 Å². The Bertz CT molecular complexity index is 2640. The van der Waals surface area contributed by atoms with Crippen LogP contribution in [0, 0.1) is 0 Å². The lowest BCUT2D eigenvalue weighted by Gasteiger charge is -2.36. The van der Waals surface area contributed by atoms with Crippen LogP contribution in [-0.4, -0.2) is 4.57 Å². The van der Waals surface area contributed by atoms with Crippen LogP contribution in [0.1, 0.15) is 16.7 Å². The zero-order valence-corrected chi connectivity index (χ0v) is 28.0. The first-order chi connectivity index (χ1) is 25.3. The maximum Gasteiger partial charge on any atom is 0.122 e. The molecule has 0 aliphatic heterocycles. The first-order valence-electron chi connectivity index (χ1n) is 17.6. The van der Waals surface area contributed by atoms with E-state index in [4.69, 9.17) is 0 Å². The molecule has 0 unspecified atom stereocenters. The van der Waals surface area contributed by atoms with E-state index in [9.17, 15) is 0 Å². The van der Waals surface area contributed by atoms with Gasteiger partial charge in [0.15, 0.2) is 0 Å². The Morgan fingerprint density at radius 2 is 0.902 bits per heavy atom. The van der Waals surface area contributed by atoms with Crippen LogP contribution in [0.5, 0.6) is 0 Å². The van der Waals surface area contributed by atoms with Crippen molar-refractivity contribution < 1.29 is 0 Å². The van der Waals surface area contributed by atoms with Gasteiger partial charge in [-0.2, -0.15) is 0 Å². The molecule has 0 bridgehead atoms. The van der Waals surface area contributed by atoms with Gasteiger partial charge in [0.25, 0.3) is 0 Å². The number of benzene rings is 8. The van der Waals surface area contributed by atoms with Crippen molar-refractivity contribution in [1.29, 1.82) is 0 Å². The SMILES string of the molecule is c1ccc(-c2ccccc2N(c2ccccc2)c2ccc3c(c2)c2ccccc2n3C2(c3ccccc3)c3ccccc3-c3ccccc32)cc1. The smallest absolute Gasteiger partial charge is 0.122 e. The number of hydrogen-bond acceptors (Lipinski definition) is 1. The van der Waals surface area contributed by atoms with Crippen molar-refractivity contribution in [2.75, 3.05) is 4.90 Å². The monoisotopic (exact) mass is 650 g/mol. The number of nitrogens with zero attached hydrogens (tertiary/aromatic N) is 2. The normalized spacial score (nSPS) is 12.9. The summed E-state index contributed by atoms with van der Waals surface area (Å²) in [4.78, 5) is 2.40. The molecule has 0 fully saturated rings. The Labute approximate surface area is 298 Å². The largest absolute Gasteiger partial charge is 0.322 e. The van der Waals surface area contributed by atoms with Crippen LogP contribution in [0.25, 0.3) is 44.1 Å². The molecule has 1 aliphatic carbocycles. The van der Waals surface area contributed by atoms with Crippen LogP contribution in [0.15, 0.2) is 206 Å². The Kier molecular flexibility index (Phi) is 6.75. The van der Waals surface area contributed by atoms with Gasteiger partial charge >= 0.3 is 0 Å². The quantitative estimate of drug-likeness (QED) is 0.174. The zero-order valence-electron chi connectivity index (χ0n) is 28.0. The van der Waals surface area contributed by atoms with Gasteiger partial charge in [-0.05, 0) is 75.8 Å². The molecule has 51 heavy (non-hydrogen) atoms. The Balaban J connectivity index is 1.29. The van der Waals surface area contributed by atoms with Crippen molar-refractivity contribution in [2.24, 2.45) is 0 Å². The van der Waals surface area contributed by atoms with Gasteiger partial charge in [0.2, 0.25) is 0 Å². The van der Waals surface area contributed by atoms with Gasteiger partial charge in [-0.25, -0.2) is 0 Å². The molecule has 10 rings (SSSR count). The molecule has 0 N–H and O–H groups in total. The fourth-order valence-corrected chi connectivity index (χ4v) is 8.57. The van der Waals surface area contributed by atoms with Crippen LogP contribution in [0.2, 0.25) is 0 Å². The molecule has 1 aliphatic rings. The van der Waals surface area contributed by atoms with E-state index in [1.807, 2.05) is 0 Å². The molecule has 0 spiro atoms. The molecule has 1 heterocycles. The van der Waals surface area contributed by atoms with Crippen LogP contribution < -0.4 is 4.90 Å². The lowest BCUT2D eigenvalue weighted by atomic mass is 9.80. The average Bonchev–Trinajstić information content (AvgIpc) is 3.70. The summed E-state index contributed by atoms with van der Waals surface area (Å²) < 4.78 is 2.62. The minimum atomic E-state index is -0.573. The summed E-state index contributed by atoms with van der Waals surface area (Å²) >= 11 is 0. The third-order valence-electron chi connectivity index (χ3n) is 10.6. The highest BCUT2D eigenvalue weighted by molar-refractivity contribution is 6.11. The molecule has 9 aromatic rings. The molecule has 2 heteroatoms. The van der Waals surface area contributed by atoms with Crippen molar-refractivity contribution in [3.63, 3.8) is 0 Å².